The first kappa shape index (κ1) is 15.0. The molecule has 1 saturated carbocycles. The van der Waals surface area contributed by atoms with Crippen LogP contribution in [0.4, 0.5) is 0 Å². The molecular formula is C14H22N2O4S. The summed E-state index contributed by atoms with van der Waals surface area (Å²) in [7, 11) is -1.80. The van der Waals surface area contributed by atoms with Crippen LogP contribution in [0, 0.1) is 25.7 Å². The molecule has 1 saturated heterocycles. The Kier molecular flexibility index (Phi) is 3.83. The van der Waals surface area contributed by atoms with E-state index >= 15 is 0 Å². The zero-order valence-corrected chi connectivity index (χ0v) is 13.5. The second-order valence-electron chi connectivity index (χ2n) is 6.10. The van der Waals surface area contributed by atoms with Gasteiger partial charge in [0.05, 0.1) is 6.10 Å². The van der Waals surface area contributed by atoms with E-state index in [4.69, 9.17) is 9.26 Å². The van der Waals surface area contributed by atoms with Crippen molar-refractivity contribution < 1.29 is 17.7 Å². The van der Waals surface area contributed by atoms with Crippen LogP contribution in [-0.2, 0) is 14.8 Å². The number of methoxy groups -OCH3 is 1. The number of hydrogen-bond donors (Lipinski definition) is 0. The van der Waals surface area contributed by atoms with E-state index in [1.54, 1.807) is 25.3 Å². The normalized spacial score (nSPS) is 30.5. The lowest BCUT2D eigenvalue weighted by molar-refractivity contribution is 0.0133. The molecule has 3 rings (SSSR count). The Morgan fingerprint density at radius 2 is 2.05 bits per heavy atom. The van der Waals surface area contributed by atoms with E-state index in [0.29, 0.717) is 36.4 Å². The molecule has 7 heteroatoms. The second-order valence-corrected chi connectivity index (χ2v) is 7.98. The lowest BCUT2D eigenvalue weighted by Crippen LogP contribution is -2.34. The number of hydrogen-bond acceptors (Lipinski definition) is 5. The molecule has 0 radical (unpaired) electrons. The number of aromatic nitrogens is 1. The lowest BCUT2D eigenvalue weighted by Gasteiger charge is -2.31. The van der Waals surface area contributed by atoms with Gasteiger partial charge in [-0.2, -0.15) is 4.31 Å². The van der Waals surface area contributed by atoms with Gasteiger partial charge in [0.1, 0.15) is 10.6 Å². The predicted octanol–water partition coefficient (Wildman–Crippen LogP) is 1.73. The fourth-order valence-corrected chi connectivity index (χ4v) is 5.66. The summed E-state index contributed by atoms with van der Waals surface area (Å²) in [6, 6.07) is 0. The van der Waals surface area contributed by atoms with E-state index in [0.717, 1.165) is 19.3 Å². The Labute approximate surface area is 125 Å². The minimum Gasteiger partial charge on any atom is -0.381 e. The molecule has 3 atom stereocenters. The van der Waals surface area contributed by atoms with E-state index in [-0.39, 0.29) is 11.0 Å². The third-order valence-electron chi connectivity index (χ3n) is 4.87. The van der Waals surface area contributed by atoms with Crippen molar-refractivity contribution in [2.45, 2.75) is 44.1 Å². The highest BCUT2D eigenvalue weighted by Crippen LogP contribution is 2.40. The Morgan fingerprint density at radius 3 is 2.67 bits per heavy atom. The average Bonchev–Trinajstić information content (AvgIpc) is 3.02. The van der Waals surface area contributed by atoms with Crippen LogP contribution in [0.15, 0.2) is 9.42 Å². The summed E-state index contributed by atoms with van der Waals surface area (Å²) in [5.41, 5.74) is 0.436. The van der Waals surface area contributed by atoms with Gasteiger partial charge in [0.2, 0.25) is 10.0 Å². The van der Waals surface area contributed by atoms with Gasteiger partial charge < -0.3 is 9.26 Å². The Balaban J connectivity index is 1.88. The molecule has 0 amide bonds. The summed E-state index contributed by atoms with van der Waals surface area (Å²) in [5.74, 6) is 1.07. The van der Waals surface area contributed by atoms with Gasteiger partial charge in [0.25, 0.3) is 0 Å². The average molecular weight is 314 g/mol. The minimum absolute atomic E-state index is 0.175. The van der Waals surface area contributed by atoms with Crippen LogP contribution < -0.4 is 0 Å². The van der Waals surface area contributed by atoms with Crippen LogP contribution in [0.25, 0.3) is 0 Å². The summed E-state index contributed by atoms with van der Waals surface area (Å²) in [5, 5.41) is 3.77. The highest BCUT2D eigenvalue weighted by Gasteiger charge is 2.45. The summed E-state index contributed by atoms with van der Waals surface area (Å²) in [6.45, 7) is 4.44. The molecule has 0 aromatic carbocycles. The van der Waals surface area contributed by atoms with Gasteiger partial charge in [0.15, 0.2) is 5.76 Å². The van der Waals surface area contributed by atoms with Gasteiger partial charge in [-0.05, 0) is 32.6 Å². The molecule has 6 nitrogen and oxygen atoms in total. The van der Waals surface area contributed by atoms with Crippen molar-refractivity contribution in [3.8, 4) is 0 Å². The SMILES string of the molecule is CO[C@@H]1CCC[C@@H]2CN(S(=O)(=O)c3c(C)noc3C)C[C@@H]21. The number of aryl methyl sites for hydroxylation is 2. The maximum Gasteiger partial charge on any atom is 0.248 e. The van der Waals surface area contributed by atoms with Crippen molar-refractivity contribution in [3.05, 3.63) is 11.5 Å². The monoisotopic (exact) mass is 314 g/mol. The topological polar surface area (TPSA) is 72.6 Å². The molecule has 0 bridgehead atoms. The molecule has 0 spiro atoms. The van der Waals surface area contributed by atoms with E-state index in [1.807, 2.05) is 0 Å². The number of fused-ring (bicyclic) bond motifs is 1. The van der Waals surface area contributed by atoms with Crippen LogP contribution in [0.1, 0.15) is 30.7 Å². The highest BCUT2D eigenvalue weighted by molar-refractivity contribution is 7.89. The summed E-state index contributed by atoms with van der Waals surface area (Å²) < 4.78 is 37.9. The Morgan fingerprint density at radius 1 is 1.29 bits per heavy atom. The van der Waals surface area contributed by atoms with Crippen LogP contribution in [0.5, 0.6) is 0 Å². The smallest absolute Gasteiger partial charge is 0.248 e. The van der Waals surface area contributed by atoms with Crippen molar-refractivity contribution in [1.82, 2.24) is 9.46 Å². The lowest BCUT2D eigenvalue weighted by atomic mass is 9.79. The highest BCUT2D eigenvalue weighted by atomic mass is 32.2. The molecule has 1 aromatic rings. The van der Waals surface area contributed by atoms with Crippen LogP contribution in [0.2, 0.25) is 0 Å². The van der Waals surface area contributed by atoms with Gasteiger partial charge in [0, 0.05) is 26.1 Å². The van der Waals surface area contributed by atoms with Gasteiger partial charge >= 0.3 is 0 Å². The fraction of sp³-hybridized carbons (Fsp3) is 0.786. The number of sulfonamides is 1. The third kappa shape index (κ3) is 2.41. The molecular weight excluding hydrogens is 292 g/mol. The van der Waals surface area contributed by atoms with Crippen LogP contribution in [-0.4, -0.2) is 44.2 Å². The molecule has 1 aliphatic heterocycles. The molecule has 1 aromatic heterocycles. The number of rotatable bonds is 3. The zero-order valence-electron chi connectivity index (χ0n) is 12.7. The van der Waals surface area contributed by atoms with Gasteiger partial charge in [-0.1, -0.05) is 11.6 Å². The molecule has 1 aliphatic carbocycles. The van der Waals surface area contributed by atoms with Crippen LogP contribution >= 0.6 is 0 Å². The zero-order chi connectivity index (χ0) is 15.2. The molecule has 2 heterocycles. The molecule has 118 valence electrons. The Bertz CT molecular complexity index is 605. The maximum atomic E-state index is 12.9. The number of ether oxygens (including phenoxy) is 1. The Hall–Kier alpha value is -0.920. The van der Waals surface area contributed by atoms with Crippen molar-refractivity contribution in [2.75, 3.05) is 20.2 Å². The molecule has 2 aliphatic rings. The van der Waals surface area contributed by atoms with Gasteiger partial charge in [-0.15, -0.1) is 0 Å². The van der Waals surface area contributed by atoms with E-state index in [2.05, 4.69) is 5.16 Å². The quantitative estimate of drug-likeness (QED) is 0.849. The van der Waals surface area contributed by atoms with Crippen molar-refractivity contribution in [2.24, 2.45) is 11.8 Å². The molecule has 0 unspecified atom stereocenters. The van der Waals surface area contributed by atoms with Gasteiger partial charge in [-0.25, -0.2) is 8.42 Å². The largest absolute Gasteiger partial charge is 0.381 e. The van der Waals surface area contributed by atoms with Crippen molar-refractivity contribution >= 4 is 10.0 Å². The van der Waals surface area contributed by atoms with Gasteiger partial charge in [-0.3, -0.25) is 0 Å². The van der Waals surface area contributed by atoms with E-state index in [1.165, 1.54) is 0 Å². The summed E-state index contributed by atoms with van der Waals surface area (Å²) in [6.07, 6.45) is 3.39. The summed E-state index contributed by atoms with van der Waals surface area (Å²) in [4.78, 5) is 0.232. The van der Waals surface area contributed by atoms with Crippen LogP contribution in [0.3, 0.4) is 0 Å². The maximum absolute atomic E-state index is 12.9. The first-order valence-corrected chi connectivity index (χ1v) is 8.85. The molecule has 0 N–H and O–H groups in total. The minimum atomic E-state index is -3.53. The number of nitrogens with zero attached hydrogens (tertiary/aromatic N) is 2. The summed E-state index contributed by atoms with van der Waals surface area (Å²) >= 11 is 0. The fourth-order valence-electron chi connectivity index (χ4n) is 3.84. The first-order chi connectivity index (χ1) is 9.95. The van der Waals surface area contributed by atoms with Crippen molar-refractivity contribution in [3.63, 3.8) is 0 Å². The second kappa shape index (κ2) is 5.37. The third-order valence-corrected chi connectivity index (χ3v) is 6.94. The predicted molar refractivity (Wildman–Crippen MR) is 76.4 cm³/mol. The first-order valence-electron chi connectivity index (χ1n) is 7.41. The van der Waals surface area contributed by atoms with E-state index in [9.17, 15) is 8.42 Å². The molecule has 2 fully saturated rings. The van der Waals surface area contributed by atoms with E-state index < -0.39 is 10.0 Å². The standard InChI is InChI=1S/C14H22N2O4S/c1-9-14(10(2)20-15-9)21(17,18)16-7-11-5-4-6-13(19-3)12(11)8-16/h11-13H,4-8H2,1-3H3/t11-,12+,13-/m1/s1. The van der Waals surface area contributed by atoms with Crippen molar-refractivity contribution in [1.29, 1.82) is 0 Å². The molecule has 21 heavy (non-hydrogen) atoms.